The minimum atomic E-state index is -0.366. The molecule has 0 saturated carbocycles. The second-order valence-corrected chi connectivity index (χ2v) is 25.7. The van der Waals surface area contributed by atoms with Crippen LogP contribution in [0.4, 0.5) is 0 Å². The molecule has 1 aliphatic rings. The van der Waals surface area contributed by atoms with Gasteiger partial charge in [0.25, 0.3) is 0 Å². The van der Waals surface area contributed by atoms with Gasteiger partial charge in [0.15, 0.2) is 0 Å². The monoisotopic (exact) mass is 586 g/mol. The van der Waals surface area contributed by atoms with Gasteiger partial charge in [-0.3, -0.25) is 0 Å². The van der Waals surface area contributed by atoms with Crippen molar-refractivity contribution < 1.29 is 0 Å². The zero-order chi connectivity index (χ0) is 26.5. The van der Waals surface area contributed by atoms with Gasteiger partial charge in [-0.1, -0.05) is 166 Å². The molecule has 4 aromatic carbocycles. The fourth-order valence-corrected chi connectivity index (χ4v) is 35.3. The highest BCUT2D eigenvalue weighted by molar-refractivity contribution is 8.81. The fraction of sp³-hybridized carbons (Fsp3) is 0.314. The predicted octanol–water partition coefficient (Wildman–Crippen LogP) is 10.5. The average Bonchev–Trinajstić information content (AvgIpc) is 3.02. The van der Waals surface area contributed by atoms with Crippen molar-refractivity contribution in [2.24, 2.45) is 0 Å². The quantitative estimate of drug-likeness (QED) is 0.209. The van der Waals surface area contributed by atoms with Crippen molar-refractivity contribution in [1.82, 2.24) is 0 Å². The summed E-state index contributed by atoms with van der Waals surface area (Å²) in [6, 6.07) is 46.9. The summed E-state index contributed by atoms with van der Waals surface area (Å²) in [4.78, 5) is 0. The largest absolute Gasteiger partial charge is 0.0622 e. The van der Waals surface area contributed by atoms with Crippen LogP contribution in [0, 0.1) is 0 Å². The van der Waals surface area contributed by atoms with Gasteiger partial charge in [-0.05, 0) is 76.2 Å². The molecule has 1 saturated heterocycles. The van der Waals surface area contributed by atoms with Crippen LogP contribution in [0.15, 0.2) is 121 Å². The molecule has 0 amide bonds. The summed E-state index contributed by atoms with van der Waals surface area (Å²) in [6.45, 7) is 0. The van der Waals surface area contributed by atoms with Gasteiger partial charge in [-0.2, -0.15) is 0 Å². The van der Waals surface area contributed by atoms with Gasteiger partial charge < -0.3 is 0 Å². The minimum Gasteiger partial charge on any atom is -0.0622 e. The molecule has 4 aromatic rings. The van der Waals surface area contributed by atoms with Gasteiger partial charge in [0.2, 0.25) is 0 Å². The zero-order valence-corrected chi connectivity index (χ0v) is 26.7. The van der Waals surface area contributed by atoms with Crippen LogP contribution in [-0.4, -0.2) is 12.3 Å². The Morgan fingerprint density at radius 2 is 0.538 bits per heavy atom. The third kappa shape index (κ3) is 8.31. The van der Waals surface area contributed by atoms with Crippen LogP contribution >= 0.6 is 29.8 Å². The molecule has 39 heavy (non-hydrogen) atoms. The molecule has 0 aliphatic carbocycles. The van der Waals surface area contributed by atoms with E-state index in [2.05, 4.69) is 121 Å². The molecule has 202 valence electrons. The first-order valence-electron chi connectivity index (χ1n) is 14.8. The molecule has 0 bridgehead atoms. The molecule has 0 aromatic heterocycles. The number of benzene rings is 4. The third-order valence-corrected chi connectivity index (χ3v) is 31.1. The molecular formula is C35H42P4. The normalized spacial score (nSPS) is 23.8. The van der Waals surface area contributed by atoms with Crippen LogP contribution in [0.2, 0.25) is 0 Å². The van der Waals surface area contributed by atoms with Gasteiger partial charge in [0.1, 0.15) is 0 Å². The van der Waals surface area contributed by atoms with Crippen LogP contribution in [0.1, 0.15) is 57.8 Å². The van der Waals surface area contributed by atoms with Crippen LogP contribution < -0.4 is 21.2 Å². The SMILES string of the molecule is c1ccc(P2CCCCCCCCCCCP(c3ccccc3)P(c3ccccc3)P2c2ccccc2)cc1. The van der Waals surface area contributed by atoms with Crippen molar-refractivity contribution in [2.75, 3.05) is 12.3 Å². The Kier molecular flexibility index (Phi) is 12.0. The smallest absolute Gasteiger partial charge is 0.0111 e. The lowest BCUT2D eigenvalue weighted by Crippen LogP contribution is -2.14. The molecule has 4 unspecified atom stereocenters. The Morgan fingerprint density at radius 1 is 0.282 bits per heavy atom. The predicted molar refractivity (Wildman–Crippen MR) is 183 cm³/mol. The molecule has 0 nitrogen and oxygen atoms in total. The molecule has 1 heterocycles. The van der Waals surface area contributed by atoms with Gasteiger partial charge in [-0.15, -0.1) is 0 Å². The number of hydrogen-bond acceptors (Lipinski definition) is 0. The van der Waals surface area contributed by atoms with Crippen molar-refractivity contribution in [3.05, 3.63) is 121 Å². The maximum atomic E-state index is 2.48. The van der Waals surface area contributed by atoms with Gasteiger partial charge in [0.05, 0.1) is 0 Å². The van der Waals surface area contributed by atoms with Crippen LogP contribution in [0.25, 0.3) is 0 Å². The number of hydrogen-bond donors (Lipinski definition) is 0. The zero-order valence-electron chi connectivity index (χ0n) is 23.1. The van der Waals surface area contributed by atoms with E-state index < -0.39 is 0 Å². The molecule has 0 spiro atoms. The van der Waals surface area contributed by atoms with Gasteiger partial charge >= 0.3 is 0 Å². The Morgan fingerprint density at radius 3 is 0.846 bits per heavy atom. The summed E-state index contributed by atoms with van der Waals surface area (Å²) < 4.78 is 0. The molecular weight excluding hydrogens is 544 g/mol. The molecule has 0 radical (unpaired) electrons. The highest BCUT2D eigenvalue weighted by atomic mass is 32.7. The topological polar surface area (TPSA) is 0 Å². The Bertz CT molecular complexity index is 1100. The van der Waals surface area contributed by atoms with E-state index in [0.29, 0.717) is 0 Å². The highest BCUT2D eigenvalue weighted by Gasteiger charge is 2.37. The summed E-state index contributed by atoms with van der Waals surface area (Å²) in [5, 5.41) is 6.51. The lowest BCUT2D eigenvalue weighted by Gasteiger charge is -2.40. The van der Waals surface area contributed by atoms with E-state index in [9.17, 15) is 0 Å². The molecule has 1 fully saturated rings. The van der Waals surface area contributed by atoms with E-state index in [4.69, 9.17) is 0 Å². The first-order valence-corrected chi connectivity index (χ1v) is 22.6. The van der Waals surface area contributed by atoms with Gasteiger partial charge in [-0.25, -0.2) is 0 Å². The summed E-state index contributed by atoms with van der Waals surface area (Å²) in [5.74, 6) is 0. The highest BCUT2D eigenvalue weighted by Crippen LogP contribution is 2.94. The number of rotatable bonds is 4. The van der Waals surface area contributed by atoms with Gasteiger partial charge in [0, 0.05) is 0 Å². The molecule has 0 N–H and O–H groups in total. The van der Waals surface area contributed by atoms with E-state index in [1.54, 1.807) is 21.2 Å². The minimum absolute atomic E-state index is 0.292. The maximum Gasteiger partial charge on any atom is -0.0111 e. The summed E-state index contributed by atoms with van der Waals surface area (Å²) in [5.41, 5.74) is 0. The van der Waals surface area contributed by atoms with Crippen molar-refractivity contribution in [3.63, 3.8) is 0 Å². The Labute approximate surface area is 241 Å². The lowest BCUT2D eigenvalue weighted by atomic mass is 10.1. The van der Waals surface area contributed by atoms with Crippen LogP contribution in [-0.2, 0) is 0 Å². The fourth-order valence-electron chi connectivity index (χ4n) is 5.45. The van der Waals surface area contributed by atoms with Crippen molar-refractivity contribution in [2.45, 2.75) is 57.8 Å². The second-order valence-electron chi connectivity index (χ2n) is 10.3. The van der Waals surface area contributed by atoms with Crippen LogP contribution in [0.3, 0.4) is 0 Å². The molecule has 4 atom stereocenters. The second kappa shape index (κ2) is 16.1. The lowest BCUT2D eigenvalue weighted by molar-refractivity contribution is 0.574. The van der Waals surface area contributed by atoms with Crippen molar-refractivity contribution >= 4 is 51.0 Å². The van der Waals surface area contributed by atoms with E-state index >= 15 is 0 Å². The summed E-state index contributed by atoms with van der Waals surface area (Å²) in [6.07, 6.45) is 15.3. The third-order valence-electron chi connectivity index (χ3n) is 7.46. The standard InChI is InChI=1S/C35H42P4/c1-2-4-6-20-30-36(32-22-12-8-13-23-32)38(34-26-16-10-17-27-34)39(35-28-18-11-19-29-35)37(31-21-7-5-3-1)33-24-14-9-15-25-33/h8-19,22-29H,1-7,20-21,30-31H2. The summed E-state index contributed by atoms with van der Waals surface area (Å²) >= 11 is 0. The maximum absolute atomic E-state index is 2.48. The van der Waals surface area contributed by atoms with E-state index in [1.165, 1.54) is 70.1 Å². The van der Waals surface area contributed by atoms with E-state index in [0.717, 1.165) is 0 Å². The van der Waals surface area contributed by atoms with Crippen molar-refractivity contribution in [3.8, 4) is 0 Å². The molecule has 5 rings (SSSR count). The van der Waals surface area contributed by atoms with Crippen molar-refractivity contribution in [1.29, 1.82) is 0 Å². The average molecular weight is 587 g/mol. The first-order chi connectivity index (χ1) is 19.4. The molecule has 4 heteroatoms. The van der Waals surface area contributed by atoms with E-state index in [-0.39, 0.29) is 29.8 Å². The Hall–Kier alpha value is -1.40. The first kappa shape index (κ1) is 29.1. The molecule has 1 aliphatic heterocycles. The van der Waals surface area contributed by atoms with E-state index in [1.807, 2.05) is 0 Å². The summed E-state index contributed by atoms with van der Waals surface area (Å²) in [7, 11) is -1.32. The van der Waals surface area contributed by atoms with Crippen LogP contribution in [0.5, 0.6) is 0 Å². The Balaban J connectivity index is 1.68.